The highest BCUT2D eigenvalue weighted by Crippen LogP contribution is 2.38. The Morgan fingerprint density at radius 3 is 2.26 bits per heavy atom. The van der Waals surface area contributed by atoms with Gasteiger partial charge in [0.25, 0.3) is 5.91 Å². The lowest BCUT2D eigenvalue weighted by Crippen LogP contribution is -2.48. The van der Waals surface area contributed by atoms with Gasteiger partial charge in [0, 0.05) is 23.9 Å². The Hall–Kier alpha value is -3.00. The molecule has 0 aliphatic heterocycles. The van der Waals surface area contributed by atoms with E-state index in [0.29, 0.717) is 17.1 Å². The normalized spacial score (nSPS) is 14.7. The maximum absolute atomic E-state index is 13.0. The molecule has 7 nitrogen and oxygen atoms in total. The number of carbonyl (C=O) groups excluding carboxylic acids is 1. The van der Waals surface area contributed by atoms with E-state index in [4.69, 9.17) is 18.1 Å². The van der Waals surface area contributed by atoms with Gasteiger partial charge in [-0.1, -0.05) is 0 Å². The number of halogens is 6. The standard InChI is InChI=1S/C17H14F6N6OS/c18-16(19,20)10-5-9(6-11(7-10)17(21,22)23)14-25-8-28(27-14)4-3-13(30)29(24)15(31)26-12-1-2-12/h3-8,12H,1-2,24H2,(H,26,31). The monoisotopic (exact) mass is 464 g/mol. The first-order valence-corrected chi connectivity index (χ1v) is 9.04. The Morgan fingerprint density at radius 1 is 1.16 bits per heavy atom. The highest BCUT2D eigenvalue weighted by Gasteiger charge is 2.37. The molecule has 0 spiro atoms. The molecule has 1 fully saturated rings. The first kappa shape index (κ1) is 22.7. The summed E-state index contributed by atoms with van der Waals surface area (Å²) in [7, 11) is 0. The number of rotatable bonds is 4. The van der Waals surface area contributed by atoms with Crippen LogP contribution in [0.15, 0.2) is 30.6 Å². The van der Waals surface area contributed by atoms with Gasteiger partial charge in [-0.25, -0.2) is 20.5 Å². The predicted octanol–water partition coefficient (Wildman–Crippen LogP) is 3.19. The number of hydrogen-bond acceptors (Lipinski definition) is 5. The van der Waals surface area contributed by atoms with Crippen molar-refractivity contribution in [3.05, 3.63) is 41.7 Å². The van der Waals surface area contributed by atoms with Gasteiger partial charge < -0.3 is 5.32 Å². The van der Waals surface area contributed by atoms with Crippen molar-refractivity contribution < 1.29 is 31.1 Å². The van der Waals surface area contributed by atoms with Crippen LogP contribution in [0, 0.1) is 0 Å². The molecule has 3 N–H and O–H groups in total. The molecule has 31 heavy (non-hydrogen) atoms. The van der Waals surface area contributed by atoms with Gasteiger partial charge in [-0.15, -0.1) is 5.10 Å². The van der Waals surface area contributed by atoms with Crippen LogP contribution in [0.1, 0.15) is 24.0 Å². The Balaban J connectivity index is 1.80. The molecule has 0 bridgehead atoms. The van der Waals surface area contributed by atoms with Crippen molar-refractivity contribution in [2.45, 2.75) is 31.2 Å². The molecule has 0 radical (unpaired) electrons. The highest BCUT2D eigenvalue weighted by molar-refractivity contribution is 7.80. The van der Waals surface area contributed by atoms with Gasteiger partial charge >= 0.3 is 12.4 Å². The molecule has 1 aromatic carbocycles. The van der Waals surface area contributed by atoms with Gasteiger partial charge in [-0.3, -0.25) is 4.79 Å². The summed E-state index contributed by atoms with van der Waals surface area (Å²) in [6, 6.07) is 1.19. The first-order chi connectivity index (χ1) is 14.3. The van der Waals surface area contributed by atoms with E-state index in [1.54, 1.807) is 0 Å². The zero-order chi connectivity index (χ0) is 23.0. The second-order valence-corrected chi connectivity index (χ2v) is 6.98. The van der Waals surface area contributed by atoms with Gasteiger partial charge in [-0.2, -0.15) is 26.3 Å². The fourth-order valence-corrected chi connectivity index (χ4v) is 2.61. The number of amides is 1. The zero-order valence-electron chi connectivity index (χ0n) is 15.4. The highest BCUT2D eigenvalue weighted by atomic mass is 32.1. The summed E-state index contributed by atoms with van der Waals surface area (Å²) in [5.41, 5.74) is -3.47. The Labute approximate surface area is 176 Å². The van der Waals surface area contributed by atoms with Crippen LogP contribution in [0.5, 0.6) is 0 Å². The average Bonchev–Trinajstić information content (AvgIpc) is 3.37. The molecule has 1 saturated carbocycles. The second-order valence-electron chi connectivity index (χ2n) is 6.59. The zero-order valence-corrected chi connectivity index (χ0v) is 16.2. The number of hydrazine groups is 1. The van der Waals surface area contributed by atoms with Crippen LogP contribution in [0.25, 0.3) is 17.6 Å². The second kappa shape index (κ2) is 8.26. The summed E-state index contributed by atoms with van der Waals surface area (Å²) >= 11 is 4.97. The Morgan fingerprint density at radius 2 is 1.74 bits per heavy atom. The quantitative estimate of drug-likeness (QED) is 0.181. The molecule has 14 heteroatoms. The van der Waals surface area contributed by atoms with Crippen LogP contribution in [-0.2, 0) is 17.1 Å². The van der Waals surface area contributed by atoms with E-state index in [9.17, 15) is 31.1 Å². The third-order valence-electron chi connectivity index (χ3n) is 4.09. The molecule has 1 aliphatic rings. The smallest absolute Gasteiger partial charge is 0.358 e. The van der Waals surface area contributed by atoms with Gasteiger partial charge in [0.2, 0.25) is 0 Å². The molecule has 166 valence electrons. The van der Waals surface area contributed by atoms with Crippen LogP contribution in [-0.4, -0.2) is 36.8 Å². The van der Waals surface area contributed by atoms with Crippen molar-refractivity contribution in [1.82, 2.24) is 25.1 Å². The predicted molar refractivity (Wildman–Crippen MR) is 101 cm³/mol. The minimum atomic E-state index is -5.00. The maximum Gasteiger partial charge on any atom is 0.416 e. The number of alkyl halides is 6. The number of thiocarbonyl (C=S) groups is 1. The maximum atomic E-state index is 13.0. The summed E-state index contributed by atoms with van der Waals surface area (Å²) in [6.45, 7) is 0. The van der Waals surface area contributed by atoms with Gasteiger partial charge in [0.1, 0.15) is 6.33 Å². The van der Waals surface area contributed by atoms with Crippen molar-refractivity contribution in [3.8, 4) is 11.4 Å². The molecule has 1 aromatic heterocycles. The van der Waals surface area contributed by atoms with Crippen LogP contribution in [0.3, 0.4) is 0 Å². The van der Waals surface area contributed by atoms with Crippen molar-refractivity contribution >= 4 is 29.4 Å². The summed E-state index contributed by atoms with van der Waals surface area (Å²) in [5, 5.41) is 7.34. The molecule has 0 unspecified atom stereocenters. The molecule has 2 aromatic rings. The minimum Gasteiger partial charge on any atom is -0.358 e. The molecule has 1 heterocycles. The SMILES string of the molecule is NN(C(=O)C=Cn1cnc(-c2cc(C(F)(F)F)cc(C(F)(F)F)c2)n1)C(=S)NC1CC1. The van der Waals surface area contributed by atoms with E-state index in [2.05, 4.69) is 15.4 Å². The van der Waals surface area contributed by atoms with Crippen LogP contribution in [0.4, 0.5) is 26.3 Å². The Bertz CT molecular complexity index is 995. The summed E-state index contributed by atoms with van der Waals surface area (Å²) in [4.78, 5) is 15.7. The molecule has 1 amide bonds. The van der Waals surface area contributed by atoms with Crippen molar-refractivity contribution in [1.29, 1.82) is 0 Å². The van der Waals surface area contributed by atoms with Crippen molar-refractivity contribution in [2.75, 3.05) is 0 Å². The largest absolute Gasteiger partial charge is 0.416 e. The molecular weight excluding hydrogens is 450 g/mol. The van der Waals surface area contributed by atoms with E-state index >= 15 is 0 Å². The van der Waals surface area contributed by atoms with Crippen molar-refractivity contribution in [3.63, 3.8) is 0 Å². The van der Waals surface area contributed by atoms with Crippen LogP contribution < -0.4 is 11.2 Å². The van der Waals surface area contributed by atoms with E-state index in [0.717, 1.165) is 36.1 Å². The molecule has 1 aliphatic carbocycles. The topological polar surface area (TPSA) is 89.1 Å². The van der Waals surface area contributed by atoms with Gasteiger partial charge in [-0.05, 0) is 43.3 Å². The summed E-state index contributed by atoms with van der Waals surface area (Å²) in [5.74, 6) is 4.46. The van der Waals surface area contributed by atoms with Gasteiger partial charge in [0.05, 0.1) is 11.1 Å². The first-order valence-electron chi connectivity index (χ1n) is 8.63. The fraction of sp³-hybridized carbons (Fsp3) is 0.294. The number of benzene rings is 1. The van der Waals surface area contributed by atoms with Crippen LogP contribution >= 0.6 is 12.2 Å². The number of aromatic nitrogens is 3. The third-order valence-corrected chi connectivity index (χ3v) is 4.40. The third kappa shape index (κ3) is 5.79. The van der Waals surface area contributed by atoms with E-state index in [-0.39, 0.29) is 17.2 Å². The number of nitrogens with one attached hydrogen (secondary N) is 1. The average molecular weight is 464 g/mol. The summed E-state index contributed by atoms with van der Waals surface area (Å²) in [6.07, 6.45) is -5.13. The number of nitrogens with two attached hydrogens (primary N) is 1. The lowest BCUT2D eigenvalue weighted by atomic mass is 10.0. The number of carbonyl (C=O) groups is 1. The minimum absolute atomic E-state index is 0.00741. The van der Waals surface area contributed by atoms with Gasteiger partial charge in [0.15, 0.2) is 10.9 Å². The lowest BCUT2D eigenvalue weighted by Gasteiger charge is -2.16. The number of hydrogen-bond donors (Lipinski definition) is 2. The fourth-order valence-electron chi connectivity index (χ4n) is 2.36. The molecular formula is C17H14F6N6OS. The number of nitrogens with zero attached hydrogens (tertiary/aromatic N) is 4. The molecule has 3 rings (SSSR count). The van der Waals surface area contributed by atoms with E-state index in [1.165, 1.54) is 0 Å². The molecule has 0 atom stereocenters. The molecule has 0 saturated heterocycles. The van der Waals surface area contributed by atoms with E-state index in [1.807, 2.05) is 0 Å². The Kier molecular flexibility index (Phi) is 6.04. The van der Waals surface area contributed by atoms with Crippen molar-refractivity contribution in [2.24, 2.45) is 5.84 Å². The van der Waals surface area contributed by atoms with Crippen LogP contribution in [0.2, 0.25) is 0 Å². The lowest BCUT2D eigenvalue weighted by molar-refractivity contribution is -0.143. The summed E-state index contributed by atoms with van der Waals surface area (Å²) < 4.78 is 78.9. The van der Waals surface area contributed by atoms with E-state index < -0.39 is 40.8 Å².